The van der Waals surface area contributed by atoms with Crippen LogP contribution in [0.5, 0.6) is 5.88 Å². The Labute approximate surface area is 175 Å². The van der Waals surface area contributed by atoms with E-state index >= 15 is 0 Å². The lowest BCUT2D eigenvalue weighted by molar-refractivity contribution is 0.0949. The van der Waals surface area contributed by atoms with Crippen LogP contribution in [-0.2, 0) is 11.3 Å². The van der Waals surface area contributed by atoms with Gasteiger partial charge in [0.1, 0.15) is 6.61 Å². The zero-order chi connectivity index (χ0) is 20.8. The van der Waals surface area contributed by atoms with Crippen LogP contribution in [-0.4, -0.2) is 35.8 Å². The van der Waals surface area contributed by atoms with Gasteiger partial charge in [0.25, 0.3) is 5.91 Å². The summed E-state index contributed by atoms with van der Waals surface area (Å²) in [5, 5.41) is 3.64. The highest BCUT2D eigenvalue weighted by Gasteiger charge is 2.17. The number of carbonyl (C=O) groups excluding carboxylic acids is 1. The van der Waals surface area contributed by atoms with Crippen LogP contribution in [0.2, 0.25) is 5.02 Å². The predicted octanol–water partition coefficient (Wildman–Crippen LogP) is 4.10. The van der Waals surface area contributed by atoms with Crippen molar-refractivity contribution in [1.29, 1.82) is 0 Å². The first kappa shape index (κ1) is 20.9. The Morgan fingerprint density at radius 3 is 2.66 bits per heavy atom. The van der Waals surface area contributed by atoms with Crippen LogP contribution in [0.1, 0.15) is 27.3 Å². The van der Waals surface area contributed by atoms with E-state index in [1.165, 1.54) is 0 Å². The number of nitrogens with one attached hydrogen (secondary N) is 1. The number of aromatic nitrogens is 2. The van der Waals surface area contributed by atoms with Crippen molar-refractivity contribution in [1.82, 2.24) is 14.9 Å². The first-order valence-corrected chi connectivity index (χ1v) is 9.67. The van der Waals surface area contributed by atoms with Gasteiger partial charge < -0.3 is 19.4 Å². The second-order valence-corrected chi connectivity index (χ2v) is 7.02. The number of hydrogen-bond acceptors (Lipinski definition) is 4. The predicted molar refractivity (Wildman–Crippen MR) is 113 cm³/mol. The molecule has 3 aromatic rings. The molecule has 0 saturated carbocycles. The molecular formula is C22H24ClN3O3. The Morgan fingerprint density at radius 1 is 1.17 bits per heavy atom. The average Bonchev–Trinajstić information content (AvgIpc) is 3.02. The Bertz CT molecular complexity index is 983. The second-order valence-electron chi connectivity index (χ2n) is 6.59. The fraction of sp³-hybridized carbons (Fsp3) is 0.273. The zero-order valence-corrected chi connectivity index (χ0v) is 17.5. The van der Waals surface area contributed by atoms with E-state index in [9.17, 15) is 4.79 Å². The van der Waals surface area contributed by atoms with Crippen molar-refractivity contribution in [3.05, 3.63) is 76.2 Å². The van der Waals surface area contributed by atoms with Gasteiger partial charge in [-0.25, -0.2) is 4.98 Å². The maximum Gasteiger partial charge on any atom is 0.253 e. The van der Waals surface area contributed by atoms with Gasteiger partial charge in [-0.1, -0.05) is 17.7 Å². The number of pyridine rings is 1. The minimum atomic E-state index is -0.148. The van der Waals surface area contributed by atoms with Crippen LogP contribution in [0.4, 0.5) is 0 Å². The highest BCUT2D eigenvalue weighted by molar-refractivity contribution is 6.30. The van der Waals surface area contributed by atoms with Gasteiger partial charge in [0, 0.05) is 47.5 Å². The molecule has 0 fully saturated rings. The molecule has 29 heavy (non-hydrogen) atoms. The maximum absolute atomic E-state index is 12.8. The molecule has 1 aromatic carbocycles. The average molecular weight is 414 g/mol. The number of nitrogens with zero attached hydrogens (tertiary/aromatic N) is 2. The summed E-state index contributed by atoms with van der Waals surface area (Å²) in [6, 6.07) is 13.1. The van der Waals surface area contributed by atoms with Gasteiger partial charge in [0.05, 0.1) is 12.2 Å². The Hall–Kier alpha value is -2.83. The molecule has 1 N–H and O–H groups in total. The highest BCUT2D eigenvalue weighted by Crippen LogP contribution is 2.22. The summed E-state index contributed by atoms with van der Waals surface area (Å²) >= 11 is 5.99. The largest absolute Gasteiger partial charge is 0.475 e. The fourth-order valence-electron chi connectivity index (χ4n) is 3.16. The smallest absolute Gasteiger partial charge is 0.253 e. The molecule has 0 aliphatic rings. The highest BCUT2D eigenvalue weighted by atomic mass is 35.5. The van der Waals surface area contributed by atoms with Crippen LogP contribution in [0, 0.1) is 13.8 Å². The van der Waals surface area contributed by atoms with E-state index in [1.54, 1.807) is 13.3 Å². The summed E-state index contributed by atoms with van der Waals surface area (Å²) in [7, 11) is 1.61. The number of methoxy groups -OCH3 is 1. The molecule has 0 atom stereocenters. The number of ether oxygens (including phenoxy) is 2. The Balaban J connectivity index is 1.74. The summed E-state index contributed by atoms with van der Waals surface area (Å²) in [5.74, 6) is 0.349. The standard InChI is InChI=1S/C22H24ClN3O3/c1-15-13-20(16(2)26(15)19-8-6-18(23)7-9-19)21(27)25-14-17-5-4-10-24-22(17)29-12-11-28-3/h4-10,13H,11-12,14H2,1-3H3,(H,25,27). The second kappa shape index (κ2) is 9.58. The fourth-order valence-corrected chi connectivity index (χ4v) is 3.29. The van der Waals surface area contributed by atoms with Crippen molar-refractivity contribution in [2.24, 2.45) is 0 Å². The van der Waals surface area contributed by atoms with Gasteiger partial charge in [-0.05, 0) is 50.2 Å². The molecule has 1 amide bonds. The molecule has 3 rings (SSSR count). The number of hydrogen-bond donors (Lipinski definition) is 1. The van der Waals surface area contributed by atoms with E-state index in [4.69, 9.17) is 21.1 Å². The molecule has 2 heterocycles. The first-order valence-electron chi connectivity index (χ1n) is 9.30. The van der Waals surface area contributed by atoms with Gasteiger partial charge in [-0.15, -0.1) is 0 Å². The third-order valence-electron chi connectivity index (χ3n) is 4.58. The van der Waals surface area contributed by atoms with Crippen molar-refractivity contribution in [2.45, 2.75) is 20.4 Å². The van der Waals surface area contributed by atoms with Gasteiger partial charge in [0.2, 0.25) is 5.88 Å². The van der Waals surface area contributed by atoms with E-state index in [0.29, 0.717) is 36.2 Å². The van der Waals surface area contributed by atoms with Crippen molar-refractivity contribution < 1.29 is 14.3 Å². The number of aryl methyl sites for hydroxylation is 1. The van der Waals surface area contributed by atoms with Gasteiger partial charge in [-0.2, -0.15) is 0 Å². The number of benzene rings is 1. The Kier molecular flexibility index (Phi) is 6.90. The van der Waals surface area contributed by atoms with E-state index in [1.807, 2.05) is 60.9 Å². The number of amides is 1. The SMILES string of the molecule is COCCOc1ncccc1CNC(=O)c1cc(C)n(-c2ccc(Cl)cc2)c1C. The molecule has 0 saturated heterocycles. The molecule has 0 bridgehead atoms. The lowest BCUT2D eigenvalue weighted by atomic mass is 10.2. The van der Waals surface area contributed by atoms with E-state index in [2.05, 4.69) is 10.3 Å². The van der Waals surface area contributed by atoms with Crippen LogP contribution in [0.25, 0.3) is 5.69 Å². The third-order valence-corrected chi connectivity index (χ3v) is 4.83. The van der Waals surface area contributed by atoms with E-state index in [0.717, 1.165) is 22.6 Å². The molecule has 0 aliphatic carbocycles. The number of carbonyl (C=O) groups is 1. The molecule has 0 aliphatic heterocycles. The molecule has 2 aromatic heterocycles. The van der Waals surface area contributed by atoms with Crippen LogP contribution < -0.4 is 10.1 Å². The molecule has 0 unspecified atom stereocenters. The summed E-state index contributed by atoms with van der Waals surface area (Å²) in [5.41, 5.74) is 4.24. The third kappa shape index (κ3) is 4.96. The number of rotatable bonds is 8. The van der Waals surface area contributed by atoms with Gasteiger partial charge in [0.15, 0.2) is 0 Å². The molecule has 0 radical (unpaired) electrons. The monoisotopic (exact) mass is 413 g/mol. The minimum absolute atomic E-state index is 0.148. The lowest BCUT2D eigenvalue weighted by Crippen LogP contribution is -2.24. The molecule has 0 spiro atoms. The van der Waals surface area contributed by atoms with Crippen LogP contribution >= 0.6 is 11.6 Å². The van der Waals surface area contributed by atoms with Gasteiger partial charge in [-0.3, -0.25) is 4.79 Å². The summed E-state index contributed by atoms with van der Waals surface area (Å²) in [6.07, 6.45) is 1.66. The lowest BCUT2D eigenvalue weighted by Gasteiger charge is -2.12. The summed E-state index contributed by atoms with van der Waals surface area (Å²) in [4.78, 5) is 17.1. The zero-order valence-electron chi connectivity index (χ0n) is 16.7. The van der Waals surface area contributed by atoms with E-state index < -0.39 is 0 Å². The molecule has 7 heteroatoms. The Morgan fingerprint density at radius 2 is 1.93 bits per heavy atom. The molecule has 6 nitrogen and oxygen atoms in total. The first-order chi connectivity index (χ1) is 14.0. The minimum Gasteiger partial charge on any atom is -0.475 e. The van der Waals surface area contributed by atoms with Crippen molar-refractivity contribution in [3.8, 4) is 11.6 Å². The topological polar surface area (TPSA) is 65.4 Å². The van der Waals surface area contributed by atoms with Crippen molar-refractivity contribution in [2.75, 3.05) is 20.3 Å². The van der Waals surface area contributed by atoms with Gasteiger partial charge >= 0.3 is 0 Å². The van der Waals surface area contributed by atoms with Crippen LogP contribution in [0.15, 0.2) is 48.7 Å². The quantitative estimate of drug-likeness (QED) is 0.565. The molecular weight excluding hydrogens is 390 g/mol. The van der Waals surface area contributed by atoms with Crippen LogP contribution in [0.3, 0.4) is 0 Å². The number of halogens is 1. The summed E-state index contributed by atoms with van der Waals surface area (Å²) in [6.45, 7) is 5.09. The normalized spacial score (nSPS) is 10.8. The molecule has 152 valence electrons. The summed E-state index contributed by atoms with van der Waals surface area (Å²) < 4.78 is 12.7. The van der Waals surface area contributed by atoms with E-state index in [-0.39, 0.29) is 5.91 Å². The van der Waals surface area contributed by atoms with Crippen molar-refractivity contribution in [3.63, 3.8) is 0 Å². The van der Waals surface area contributed by atoms with Crippen molar-refractivity contribution >= 4 is 17.5 Å². The maximum atomic E-state index is 12.8.